The van der Waals surface area contributed by atoms with Gasteiger partial charge in [-0.1, -0.05) is 39.3 Å². The first-order valence-corrected chi connectivity index (χ1v) is 12.8. The number of ether oxygens (including phenoxy) is 2. The fraction of sp³-hybridized carbons (Fsp3) is 0.923. The third-order valence-corrected chi connectivity index (χ3v) is 9.66. The Morgan fingerprint density at radius 1 is 1.03 bits per heavy atom. The van der Waals surface area contributed by atoms with Crippen molar-refractivity contribution >= 4 is 0 Å². The van der Waals surface area contributed by atoms with Crippen molar-refractivity contribution in [3.05, 3.63) is 11.6 Å². The van der Waals surface area contributed by atoms with Crippen molar-refractivity contribution in [2.45, 2.75) is 109 Å². The van der Waals surface area contributed by atoms with Crippen molar-refractivity contribution < 1.29 is 40.1 Å². The van der Waals surface area contributed by atoms with Crippen LogP contribution in [0.5, 0.6) is 0 Å². The van der Waals surface area contributed by atoms with Gasteiger partial charge in [-0.15, -0.1) is 0 Å². The van der Waals surface area contributed by atoms with Crippen LogP contribution in [0, 0.1) is 28.1 Å². The SMILES string of the molecule is CC1(C)C[C@@H](O)C[C@@]2(C)[C@@H]3CC[C@](C)([C@@H](O)CO[C@@H]4O[C@H](CO)[C@@H](O)[C@H](O)[C@H]4O)C=C3CC[C@H]12. The average Bonchev–Trinajstić information content (AvgIpc) is 2.75. The highest BCUT2D eigenvalue weighted by atomic mass is 16.7. The van der Waals surface area contributed by atoms with Gasteiger partial charge in [0.15, 0.2) is 6.29 Å². The topological polar surface area (TPSA) is 140 Å². The highest BCUT2D eigenvalue weighted by Gasteiger charge is 2.57. The summed E-state index contributed by atoms with van der Waals surface area (Å²) in [5.41, 5.74) is 1.01. The first-order valence-electron chi connectivity index (χ1n) is 12.8. The average molecular weight is 485 g/mol. The minimum Gasteiger partial charge on any atom is -0.394 e. The van der Waals surface area contributed by atoms with Crippen LogP contribution in [-0.4, -0.2) is 86.8 Å². The zero-order chi connectivity index (χ0) is 25.1. The number of aliphatic hydroxyl groups is 6. The van der Waals surface area contributed by atoms with E-state index < -0.39 is 48.8 Å². The minimum absolute atomic E-state index is 0.0460. The molecule has 196 valence electrons. The van der Waals surface area contributed by atoms with Crippen molar-refractivity contribution in [2.75, 3.05) is 13.2 Å². The summed E-state index contributed by atoms with van der Waals surface area (Å²) in [6.45, 7) is 8.32. The number of hydrogen-bond donors (Lipinski definition) is 6. The van der Waals surface area contributed by atoms with Crippen molar-refractivity contribution in [1.82, 2.24) is 0 Å². The summed E-state index contributed by atoms with van der Waals surface area (Å²) in [7, 11) is 0. The summed E-state index contributed by atoms with van der Waals surface area (Å²) < 4.78 is 11.0. The van der Waals surface area contributed by atoms with Gasteiger partial charge < -0.3 is 40.1 Å². The number of fused-ring (bicyclic) bond motifs is 3. The number of rotatable bonds is 5. The van der Waals surface area contributed by atoms with E-state index in [9.17, 15) is 30.6 Å². The lowest BCUT2D eigenvalue weighted by Crippen LogP contribution is -2.59. The van der Waals surface area contributed by atoms with E-state index in [2.05, 4.69) is 26.8 Å². The van der Waals surface area contributed by atoms with Gasteiger partial charge in [-0.05, 0) is 61.2 Å². The molecule has 3 aliphatic carbocycles. The summed E-state index contributed by atoms with van der Waals surface area (Å²) in [5, 5.41) is 61.2. The standard InChI is InChI=1S/C26H44O8/c1-24(2)10-15(28)11-26(4)16-7-8-25(3,9-14(16)5-6-18(24)26)19(29)13-33-23-22(32)21(31)20(30)17(12-27)34-23/h9,15-23,27-32H,5-8,10-13H2,1-4H3/t15-,16-,17-,18-,19+,20-,21+,22-,23-,25+,26+/m1/s1. The van der Waals surface area contributed by atoms with Crippen LogP contribution < -0.4 is 0 Å². The van der Waals surface area contributed by atoms with Crippen LogP contribution in [0.3, 0.4) is 0 Å². The van der Waals surface area contributed by atoms with E-state index in [-0.39, 0.29) is 23.5 Å². The van der Waals surface area contributed by atoms with Gasteiger partial charge >= 0.3 is 0 Å². The fourth-order valence-electron chi connectivity index (χ4n) is 7.86. The molecule has 1 aliphatic heterocycles. The zero-order valence-corrected chi connectivity index (χ0v) is 20.9. The maximum absolute atomic E-state index is 11.1. The molecule has 2 saturated carbocycles. The predicted molar refractivity (Wildman–Crippen MR) is 124 cm³/mol. The van der Waals surface area contributed by atoms with Crippen LogP contribution in [0.1, 0.15) is 66.2 Å². The predicted octanol–water partition coefficient (Wildman–Crippen LogP) is 1.10. The van der Waals surface area contributed by atoms with Crippen molar-refractivity contribution in [3.63, 3.8) is 0 Å². The molecule has 4 aliphatic rings. The van der Waals surface area contributed by atoms with E-state index in [1.54, 1.807) is 0 Å². The Bertz CT molecular complexity index is 768. The molecule has 4 rings (SSSR count). The molecule has 6 N–H and O–H groups in total. The normalized spacial score (nSPS) is 49.5. The van der Waals surface area contributed by atoms with Crippen LogP contribution in [0.25, 0.3) is 0 Å². The summed E-state index contributed by atoms with van der Waals surface area (Å²) in [5.74, 6) is 0.960. The molecule has 1 heterocycles. The summed E-state index contributed by atoms with van der Waals surface area (Å²) in [6.07, 6.45) is -0.157. The molecule has 8 nitrogen and oxygen atoms in total. The lowest BCUT2D eigenvalue weighted by Gasteiger charge is -2.60. The molecule has 1 saturated heterocycles. The van der Waals surface area contributed by atoms with Gasteiger partial charge in [-0.3, -0.25) is 0 Å². The maximum atomic E-state index is 11.1. The summed E-state index contributed by atoms with van der Waals surface area (Å²) in [6, 6.07) is 0. The highest BCUT2D eigenvalue weighted by molar-refractivity contribution is 5.25. The second kappa shape index (κ2) is 9.38. The van der Waals surface area contributed by atoms with Gasteiger partial charge in [-0.25, -0.2) is 0 Å². The van der Waals surface area contributed by atoms with Gasteiger partial charge in [0.25, 0.3) is 0 Å². The molecule has 0 aromatic heterocycles. The molecule has 8 heteroatoms. The van der Waals surface area contributed by atoms with Crippen molar-refractivity contribution in [3.8, 4) is 0 Å². The van der Waals surface area contributed by atoms with Crippen molar-refractivity contribution in [1.29, 1.82) is 0 Å². The molecule has 0 amide bonds. The van der Waals surface area contributed by atoms with E-state index in [0.29, 0.717) is 11.8 Å². The summed E-state index contributed by atoms with van der Waals surface area (Å²) >= 11 is 0. The van der Waals surface area contributed by atoms with E-state index in [4.69, 9.17) is 9.47 Å². The Labute approximate surface area is 202 Å². The molecule has 34 heavy (non-hydrogen) atoms. The Morgan fingerprint density at radius 2 is 1.74 bits per heavy atom. The van der Waals surface area contributed by atoms with E-state index in [1.165, 1.54) is 5.57 Å². The number of allylic oxidation sites excluding steroid dienone is 1. The lowest BCUT2D eigenvalue weighted by molar-refractivity contribution is -0.306. The third-order valence-electron chi connectivity index (χ3n) is 9.66. The van der Waals surface area contributed by atoms with E-state index in [1.807, 2.05) is 6.92 Å². The summed E-state index contributed by atoms with van der Waals surface area (Å²) in [4.78, 5) is 0. The molecule has 0 radical (unpaired) electrons. The molecule has 0 aromatic rings. The second-order valence-electron chi connectivity index (χ2n) is 12.5. The molecule has 11 atom stereocenters. The quantitative estimate of drug-likeness (QED) is 0.319. The molecule has 0 spiro atoms. The molecule has 0 aromatic carbocycles. The Morgan fingerprint density at radius 3 is 2.41 bits per heavy atom. The van der Waals surface area contributed by atoms with Crippen LogP contribution in [-0.2, 0) is 9.47 Å². The molecular weight excluding hydrogens is 440 g/mol. The van der Waals surface area contributed by atoms with Gasteiger partial charge in [0, 0.05) is 5.41 Å². The van der Waals surface area contributed by atoms with Gasteiger partial charge in [-0.2, -0.15) is 0 Å². The maximum Gasteiger partial charge on any atom is 0.186 e. The van der Waals surface area contributed by atoms with Crippen LogP contribution in [0.15, 0.2) is 11.6 Å². The van der Waals surface area contributed by atoms with Crippen LogP contribution in [0.4, 0.5) is 0 Å². The van der Waals surface area contributed by atoms with Gasteiger partial charge in [0.05, 0.1) is 25.4 Å². The van der Waals surface area contributed by atoms with Crippen molar-refractivity contribution in [2.24, 2.45) is 28.1 Å². The minimum atomic E-state index is -1.51. The molecular formula is C26H44O8. The van der Waals surface area contributed by atoms with Gasteiger partial charge in [0.2, 0.25) is 0 Å². The Kier molecular flexibility index (Phi) is 7.30. The first-order chi connectivity index (χ1) is 15.8. The Hall–Kier alpha value is -0.580. The monoisotopic (exact) mass is 484 g/mol. The lowest BCUT2D eigenvalue weighted by atomic mass is 9.45. The fourth-order valence-corrected chi connectivity index (χ4v) is 7.86. The first kappa shape index (κ1) is 26.5. The number of aliphatic hydroxyl groups excluding tert-OH is 6. The second-order valence-corrected chi connectivity index (χ2v) is 12.5. The molecule has 3 fully saturated rings. The number of hydrogen-bond acceptors (Lipinski definition) is 8. The zero-order valence-electron chi connectivity index (χ0n) is 20.9. The molecule has 0 bridgehead atoms. The van der Waals surface area contributed by atoms with Crippen LogP contribution in [0.2, 0.25) is 0 Å². The van der Waals surface area contributed by atoms with Gasteiger partial charge in [0.1, 0.15) is 24.4 Å². The van der Waals surface area contributed by atoms with E-state index >= 15 is 0 Å². The van der Waals surface area contributed by atoms with Crippen LogP contribution >= 0.6 is 0 Å². The Balaban J connectivity index is 1.45. The smallest absolute Gasteiger partial charge is 0.186 e. The highest BCUT2D eigenvalue weighted by Crippen LogP contribution is 2.63. The molecule has 0 unspecified atom stereocenters. The third kappa shape index (κ3) is 4.50. The largest absolute Gasteiger partial charge is 0.394 e. The van der Waals surface area contributed by atoms with E-state index in [0.717, 1.165) is 38.5 Å².